The Morgan fingerprint density at radius 3 is 2.60 bits per heavy atom. The van der Waals surface area contributed by atoms with E-state index >= 15 is 0 Å². The van der Waals surface area contributed by atoms with Gasteiger partial charge in [0, 0.05) is 33.3 Å². The summed E-state index contributed by atoms with van der Waals surface area (Å²) in [6, 6.07) is 5.10. The van der Waals surface area contributed by atoms with Crippen LogP contribution in [-0.2, 0) is 15.0 Å². The van der Waals surface area contributed by atoms with Crippen molar-refractivity contribution in [2.75, 3.05) is 46.7 Å². The number of anilines is 1. The Bertz CT molecular complexity index is 720. The van der Waals surface area contributed by atoms with Gasteiger partial charge in [-0.3, -0.25) is 4.79 Å². The van der Waals surface area contributed by atoms with Crippen molar-refractivity contribution in [3.05, 3.63) is 18.2 Å². The average Bonchev–Trinajstić information content (AvgIpc) is 2.61. The first-order valence-electron chi connectivity index (χ1n) is 8.00. The van der Waals surface area contributed by atoms with E-state index in [1.165, 1.54) is 29.8 Å². The third-order valence-corrected chi connectivity index (χ3v) is 6.12. The minimum Gasteiger partial charge on any atom is -0.497 e. The molecule has 0 saturated carbocycles. The molecular formula is C16H25N3O5S. The molecule has 0 unspecified atom stereocenters. The van der Waals surface area contributed by atoms with Crippen LogP contribution in [0.25, 0.3) is 0 Å². The summed E-state index contributed by atoms with van der Waals surface area (Å²) in [5.41, 5.74) is 0.529. The Labute approximate surface area is 148 Å². The number of methoxy groups -OCH3 is 2. The Morgan fingerprint density at radius 2 is 2.00 bits per heavy atom. The van der Waals surface area contributed by atoms with Gasteiger partial charge in [-0.2, -0.15) is 17.0 Å². The lowest BCUT2D eigenvalue weighted by atomic mass is 9.98. The molecule has 1 aliphatic heterocycles. The van der Waals surface area contributed by atoms with E-state index in [0.29, 0.717) is 36.6 Å². The van der Waals surface area contributed by atoms with Gasteiger partial charge in [-0.15, -0.1) is 0 Å². The Kier molecular flexibility index (Phi) is 6.26. The average molecular weight is 371 g/mol. The summed E-state index contributed by atoms with van der Waals surface area (Å²) in [7, 11) is 2.52. The van der Waals surface area contributed by atoms with Gasteiger partial charge < -0.3 is 14.8 Å². The molecule has 2 rings (SSSR count). The highest BCUT2D eigenvalue weighted by molar-refractivity contribution is 7.86. The number of ether oxygens (including phenoxy) is 2. The predicted octanol–water partition coefficient (Wildman–Crippen LogP) is 1.16. The summed E-state index contributed by atoms with van der Waals surface area (Å²) in [4.78, 5) is 12.6. The molecule has 1 atom stereocenters. The van der Waals surface area contributed by atoms with Gasteiger partial charge >= 0.3 is 0 Å². The largest absolute Gasteiger partial charge is 0.497 e. The highest BCUT2D eigenvalue weighted by Gasteiger charge is 2.33. The van der Waals surface area contributed by atoms with Gasteiger partial charge in [0.25, 0.3) is 10.2 Å². The number of rotatable bonds is 6. The van der Waals surface area contributed by atoms with Crippen molar-refractivity contribution < 1.29 is 22.7 Å². The maximum Gasteiger partial charge on any atom is 0.281 e. The molecule has 0 aromatic heterocycles. The number of carbonyl (C=O) groups excluding carboxylic acids is 1. The van der Waals surface area contributed by atoms with Crippen molar-refractivity contribution in [2.45, 2.75) is 12.8 Å². The van der Waals surface area contributed by atoms with Crippen LogP contribution in [0.4, 0.5) is 5.69 Å². The van der Waals surface area contributed by atoms with E-state index in [4.69, 9.17) is 9.47 Å². The van der Waals surface area contributed by atoms with Crippen molar-refractivity contribution in [1.82, 2.24) is 8.61 Å². The van der Waals surface area contributed by atoms with Gasteiger partial charge in [-0.25, -0.2) is 0 Å². The number of hydrogen-bond acceptors (Lipinski definition) is 5. The van der Waals surface area contributed by atoms with E-state index in [-0.39, 0.29) is 12.5 Å². The predicted molar refractivity (Wildman–Crippen MR) is 95.1 cm³/mol. The normalized spacial score (nSPS) is 18.8. The van der Waals surface area contributed by atoms with Crippen LogP contribution >= 0.6 is 0 Å². The van der Waals surface area contributed by atoms with E-state index in [9.17, 15) is 13.2 Å². The third-order valence-electron chi connectivity index (χ3n) is 4.21. The zero-order valence-corrected chi connectivity index (χ0v) is 15.8. The van der Waals surface area contributed by atoms with Gasteiger partial charge in [-0.1, -0.05) is 0 Å². The van der Waals surface area contributed by atoms with Gasteiger partial charge in [0.2, 0.25) is 5.91 Å². The first kappa shape index (κ1) is 19.5. The third kappa shape index (κ3) is 4.42. The molecule has 1 aromatic carbocycles. The molecule has 0 spiro atoms. The lowest BCUT2D eigenvalue weighted by Gasteiger charge is -2.32. The first-order chi connectivity index (χ1) is 11.8. The van der Waals surface area contributed by atoms with Crippen LogP contribution in [0.1, 0.15) is 12.8 Å². The fourth-order valence-corrected chi connectivity index (χ4v) is 3.92. The molecular weight excluding hydrogens is 346 g/mol. The first-order valence-corrected chi connectivity index (χ1v) is 9.39. The zero-order chi connectivity index (χ0) is 18.6. The second kappa shape index (κ2) is 8.03. The molecule has 0 bridgehead atoms. The SMILES string of the molecule is COc1ccc(NC(=O)[C@H]2CCCN(S(=O)(=O)N(C)C)C2)c(OC)c1. The molecule has 1 N–H and O–H groups in total. The Balaban J connectivity index is 2.11. The van der Waals surface area contributed by atoms with E-state index in [1.807, 2.05) is 0 Å². The van der Waals surface area contributed by atoms with Gasteiger partial charge in [0.15, 0.2) is 0 Å². The van der Waals surface area contributed by atoms with Crippen LogP contribution in [0.5, 0.6) is 11.5 Å². The second-order valence-corrected chi connectivity index (χ2v) is 8.19. The van der Waals surface area contributed by atoms with Crippen molar-refractivity contribution in [2.24, 2.45) is 5.92 Å². The topological polar surface area (TPSA) is 88.2 Å². The summed E-state index contributed by atoms with van der Waals surface area (Å²) >= 11 is 0. The molecule has 25 heavy (non-hydrogen) atoms. The maximum absolute atomic E-state index is 12.6. The maximum atomic E-state index is 12.6. The summed E-state index contributed by atoms with van der Waals surface area (Å²) in [6.07, 6.45) is 1.29. The summed E-state index contributed by atoms with van der Waals surface area (Å²) < 4.78 is 37.5. The number of piperidine rings is 1. The summed E-state index contributed by atoms with van der Waals surface area (Å²) in [5, 5.41) is 2.83. The lowest BCUT2D eigenvalue weighted by Crippen LogP contribution is -2.47. The van der Waals surface area contributed by atoms with E-state index < -0.39 is 16.1 Å². The molecule has 1 amide bonds. The molecule has 140 valence electrons. The molecule has 1 aromatic rings. The fourth-order valence-electron chi connectivity index (χ4n) is 2.73. The van der Waals surface area contributed by atoms with Crippen molar-refractivity contribution in [1.29, 1.82) is 0 Å². The summed E-state index contributed by atoms with van der Waals surface area (Å²) in [5.74, 6) is 0.481. The highest BCUT2D eigenvalue weighted by Crippen LogP contribution is 2.30. The Morgan fingerprint density at radius 1 is 1.28 bits per heavy atom. The molecule has 9 heteroatoms. The number of amides is 1. The van der Waals surface area contributed by atoms with Gasteiger partial charge in [0.1, 0.15) is 11.5 Å². The smallest absolute Gasteiger partial charge is 0.281 e. The van der Waals surface area contributed by atoms with Crippen molar-refractivity contribution in [3.63, 3.8) is 0 Å². The standard InChI is InChI=1S/C16H25N3O5S/c1-18(2)25(21,22)19-9-5-6-12(11-19)16(20)17-14-8-7-13(23-3)10-15(14)24-4/h7-8,10,12H,5-6,9,11H2,1-4H3,(H,17,20)/t12-/m0/s1. The van der Waals surface area contributed by atoms with E-state index in [1.54, 1.807) is 25.3 Å². The van der Waals surface area contributed by atoms with Gasteiger partial charge in [-0.05, 0) is 25.0 Å². The number of nitrogens with one attached hydrogen (secondary N) is 1. The number of benzene rings is 1. The van der Waals surface area contributed by atoms with Crippen molar-refractivity contribution in [3.8, 4) is 11.5 Å². The molecule has 1 fully saturated rings. The van der Waals surface area contributed by atoms with Crippen molar-refractivity contribution >= 4 is 21.8 Å². The second-order valence-electron chi connectivity index (χ2n) is 6.04. The number of hydrogen-bond donors (Lipinski definition) is 1. The quantitative estimate of drug-likeness (QED) is 0.811. The van der Waals surface area contributed by atoms with Crippen LogP contribution in [0.2, 0.25) is 0 Å². The number of carbonyl (C=O) groups is 1. The van der Waals surface area contributed by atoms with Gasteiger partial charge in [0.05, 0.1) is 25.8 Å². The zero-order valence-electron chi connectivity index (χ0n) is 15.0. The van der Waals surface area contributed by atoms with E-state index in [2.05, 4.69) is 5.32 Å². The van der Waals surface area contributed by atoms with Crippen LogP contribution in [0.3, 0.4) is 0 Å². The minimum atomic E-state index is -3.52. The Hall–Kier alpha value is -1.84. The molecule has 8 nitrogen and oxygen atoms in total. The van der Waals surface area contributed by atoms with Crippen LogP contribution in [-0.4, -0.2) is 64.3 Å². The van der Waals surface area contributed by atoms with Crippen LogP contribution < -0.4 is 14.8 Å². The van der Waals surface area contributed by atoms with Crippen LogP contribution in [0.15, 0.2) is 18.2 Å². The van der Waals surface area contributed by atoms with E-state index in [0.717, 1.165) is 0 Å². The molecule has 0 aliphatic carbocycles. The fraction of sp³-hybridized carbons (Fsp3) is 0.562. The molecule has 1 aliphatic rings. The molecule has 0 radical (unpaired) electrons. The summed E-state index contributed by atoms with van der Waals surface area (Å²) in [6.45, 7) is 0.598. The monoisotopic (exact) mass is 371 g/mol. The lowest BCUT2D eigenvalue weighted by molar-refractivity contribution is -0.120. The minimum absolute atomic E-state index is 0.171. The molecule has 1 saturated heterocycles. The number of nitrogens with zero attached hydrogens (tertiary/aromatic N) is 2. The molecule has 1 heterocycles. The van der Waals surface area contributed by atoms with Crippen LogP contribution in [0, 0.1) is 5.92 Å². The highest BCUT2D eigenvalue weighted by atomic mass is 32.2.